The summed E-state index contributed by atoms with van der Waals surface area (Å²) in [5.74, 6) is 0.219. The van der Waals surface area contributed by atoms with Crippen molar-refractivity contribution in [1.29, 1.82) is 5.26 Å². The van der Waals surface area contributed by atoms with Crippen LogP contribution in [0.5, 0.6) is 17.2 Å². The molecule has 1 atom stereocenters. The van der Waals surface area contributed by atoms with E-state index >= 15 is 0 Å². The number of nitriles is 1. The number of rotatable bonds is 8. The average Bonchev–Trinajstić information content (AvgIpc) is 2.95. The molecule has 0 amide bonds. The van der Waals surface area contributed by atoms with E-state index in [2.05, 4.69) is 6.07 Å². The van der Waals surface area contributed by atoms with Crippen molar-refractivity contribution in [3.63, 3.8) is 0 Å². The van der Waals surface area contributed by atoms with Crippen LogP contribution < -0.4 is 24.8 Å². The van der Waals surface area contributed by atoms with Gasteiger partial charge in [0, 0.05) is 17.8 Å². The Balaban J connectivity index is 1.77. The SMILES string of the molecule is COC(=O)C1=CN(c2cccc(OCc3ccccc3)c2)C(N)=C(C#N)C1c1cccc(OC)c1OC. The summed E-state index contributed by atoms with van der Waals surface area (Å²) in [5.41, 5.74) is 9.14. The van der Waals surface area contributed by atoms with Crippen LogP contribution in [0.15, 0.2) is 96.0 Å². The van der Waals surface area contributed by atoms with Crippen molar-refractivity contribution in [2.75, 3.05) is 26.2 Å². The molecule has 3 aromatic rings. The highest BCUT2D eigenvalue weighted by Gasteiger charge is 2.37. The molecule has 0 fully saturated rings. The fourth-order valence-electron chi connectivity index (χ4n) is 4.27. The summed E-state index contributed by atoms with van der Waals surface area (Å²) in [6, 6.07) is 24.5. The van der Waals surface area contributed by atoms with Crippen molar-refractivity contribution in [2.24, 2.45) is 5.73 Å². The second-order valence-electron chi connectivity index (χ2n) is 8.14. The standard InChI is InChI=1S/C29H27N3O5/c1-34-25-14-8-13-22(27(25)35-2)26-23(16-30)28(31)32(17-24(26)29(33)36-3)20-11-7-12-21(15-20)37-18-19-9-5-4-6-10-19/h4-15,17,26H,18,31H2,1-3H3. The zero-order valence-electron chi connectivity index (χ0n) is 20.8. The summed E-state index contributed by atoms with van der Waals surface area (Å²) in [5, 5.41) is 10.2. The third-order valence-electron chi connectivity index (χ3n) is 6.03. The van der Waals surface area contributed by atoms with Gasteiger partial charge in [0.15, 0.2) is 11.5 Å². The molecule has 4 rings (SSSR count). The number of methoxy groups -OCH3 is 3. The number of esters is 1. The fraction of sp³-hybridized carbons (Fsp3) is 0.172. The number of carbonyl (C=O) groups is 1. The van der Waals surface area contributed by atoms with E-state index in [-0.39, 0.29) is 17.0 Å². The second kappa shape index (κ2) is 11.2. The van der Waals surface area contributed by atoms with E-state index in [1.807, 2.05) is 48.5 Å². The number of hydrogen-bond donors (Lipinski definition) is 1. The van der Waals surface area contributed by atoms with E-state index in [4.69, 9.17) is 24.7 Å². The Morgan fingerprint density at radius 3 is 2.43 bits per heavy atom. The van der Waals surface area contributed by atoms with Crippen molar-refractivity contribution in [1.82, 2.24) is 0 Å². The van der Waals surface area contributed by atoms with Crippen molar-refractivity contribution < 1.29 is 23.7 Å². The third-order valence-corrected chi connectivity index (χ3v) is 6.03. The molecule has 0 bridgehead atoms. The van der Waals surface area contributed by atoms with Crippen LogP contribution in [-0.4, -0.2) is 27.3 Å². The highest BCUT2D eigenvalue weighted by atomic mass is 16.5. The Kier molecular flexibility index (Phi) is 7.65. The molecule has 0 aromatic heterocycles. The zero-order valence-corrected chi connectivity index (χ0v) is 20.8. The van der Waals surface area contributed by atoms with Crippen molar-refractivity contribution in [2.45, 2.75) is 12.5 Å². The molecular weight excluding hydrogens is 470 g/mol. The molecule has 1 aliphatic heterocycles. The Bertz CT molecular complexity index is 1390. The van der Waals surface area contributed by atoms with Gasteiger partial charge in [0.1, 0.15) is 18.2 Å². The molecular formula is C29H27N3O5. The van der Waals surface area contributed by atoms with Gasteiger partial charge >= 0.3 is 5.97 Å². The maximum atomic E-state index is 13.0. The summed E-state index contributed by atoms with van der Waals surface area (Å²) in [6.45, 7) is 0.389. The van der Waals surface area contributed by atoms with Crippen LogP contribution in [0.3, 0.4) is 0 Å². The van der Waals surface area contributed by atoms with Crippen LogP contribution in [0.25, 0.3) is 0 Å². The van der Waals surface area contributed by atoms with E-state index in [1.54, 1.807) is 35.4 Å². The van der Waals surface area contributed by atoms with Gasteiger partial charge in [-0.05, 0) is 23.8 Å². The molecule has 0 radical (unpaired) electrons. The number of nitrogens with zero attached hydrogens (tertiary/aromatic N) is 2. The predicted molar refractivity (Wildman–Crippen MR) is 139 cm³/mol. The van der Waals surface area contributed by atoms with Gasteiger partial charge < -0.3 is 29.6 Å². The first-order valence-corrected chi connectivity index (χ1v) is 11.5. The van der Waals surface area contributed by atoms with Gasteiger partial charge in [-0.15, -0.1) is 0 Å². The largest absolute Gasteiger partial charge is 0.493 e. The molecule has 0 aliphatic carbocycles. The summed E-state index contributed by atoms with van der Waals surface area (Å²) in [4.78, 5) is 14.6. The topological polar surface area (TPSA) is 107 Å². The Morgan fingerprint density at radius 2 is 1.76 bits per heavy atom. The van der Waals surface area contributed by atoms with Crippen LogP contribution in [0.1, 0.15) is 17.0 Å². The lowest BCUT2D eigenvalue weighted by Gasteiger charge is -2.32. The number of anilines is 1. The smallest absolute Gasteiger partial charge is 0.336 e. The van der Waals surface area contributed by atoms with Crippen molar-refractivity contribution >= 4 is 11.7 Å². The lowest BCUT2D eigenvalue weighted by atomic mass is 9.82. The predicted octanol–water partition coefficient (Wildman–Crippen LogP) is 4.64. The second-order valence-corrected chi connectivity index (χ2v) is 8.14. The third kappa shape index (κ3) is 5.07. The maximum Gasteiger partial charge on any atom is 0.336 e. The number of para-hydroxylation sites is 1. The van der Waals surface area contributed by atoms with Gasteiger partial charge in [0.25, 0.3) is 0 Å². The van der Waals surface area contributed by atoms with E-state index in [1.165, 1.54) is 21.3 Å². The minimum atomic E-state index is -0.823. The number of nitrogens with two attached hydrogens (primary N) is 1. The quantitative estimate of drug-likeness (QED) is 0.449. The molecule has 0 spiro atoms. The molecule has 0 saturated carbocycles. The molecule has 188 valence electrons. The summed E-state index contributed by atoms with van der Waals surface area (Å²) < 4.78 is 22.1. The summed E-state index contributed by atoms with van der Waals surface area (Å²) in [6.07, 6.45) is 1.59. The van der Waals surface area contributed by atoms with Gasteiger partial charge in [-0.1, -0.05) is 48.5 Å². The van der Waals surface area contributed by atoms with E-state index in [9.17, 15) is 10.1 Å². The maximum absolute atomic E-state index is 13.0. The van der Waals surface area contributed by atoms with Crippen molar-refractivity contribution in [3.8, 4) is 23.3 Å². The monoisotopic (exact) mass is 497 g/mol. The van der Waals surface area contributed by atoms with Crippen molar-refractivity contribution in [3.05, 3.63) is 107 Å². The molecule has 2 N–H and O–H groups in total. The van der Waals surface area contributed by atoms with Crippen LogP contribution in [-0.2, 0) is 16.1 Å². The van der Waals surface area contributed by atoms with Gasteiger partial charge in [0.2, 0.25) is 0 Å². The van der Waals surface area contributed by atoms with Gasteiger partial charge in [-0.25, -0.2) is 4.79 Å². The van der Waals surface area contributed by atoms with Crippen LogP contribution in [0, 0.1) is 11.3 Å². The van der Waals surface area contributed by atoms with E-state index in [0.717, 1.165) is 5.56 Å². The van der Waals surface area contributed by atoms with Crippen LogP contribution in [0.4, 0.5) is 5.69 Å². The normalized spacial score (nSPS) is 14.9. The number of allylic oxidation sites excluding steroid dienone is 1. The Labute approximate surface area is 215 Å². The minimum Gasteiger partial charge on any atom is -0.493 e. The number of ether oxygens (including phenoxy) is 4. The van der Waals surface area contributed by atoms with Gasteiger partial charge in [0.05, 0.1) is 50.2 Å². The minimum absolute atomic E-state index is 0.171. The molecule has 8 heteroatoms. The molecule has 1 aliphatic rings. The highest BCUT2D eigenvalue weighted by molar-refractivity contribution is 5.93. The first-order chi connectivity index (χ1) is 18.0. The number of hydrogen-bond acceptors (Lipinski definition) is 8. The summed E-state index contributed by atoms with van der Waals surface area (Å²) in [7, 11) is 4.31. The lowest BCUT2D eigenvalue weighted by molar-refractivity contribution is -0.136. The van der Waals surface area contributed by atoms with E-state index in [0.29, 0.717) is 35.1 Å². The fourth-order valence-corrected chi connectivity index (χ4v) is 4.27. The number of carbonyl (C=O) groups excluding carboxylic acids is 1. The Hall–Kier alpha value is -4.90. The van der Waals surface area contributed by atoms with Crippen LogP contribution in [0.2, 0.25) is 0 Å². The number of benzene rings is 3. The molecule has 8 nitrogen and oxygen atoms in total. The summed E-state index contributed by atoms with van der Waals surface area (Å²) >= 11 is 0. The molecule has 0 saturated heterocycles. The first-order valence-electron chi connectivity index (χ1n) is 11.5. The van der Waals surface area contributed by atoms with E-state index < -0.39 is 11.9 Å². The lowest BCUT2D eigenvalue weighted by Crippen LogP contribution is -2.33. The highest BCUT2D eigenvalue weighted by Crippen LogP contribution is 2.45. The average molecular weight is 498 g/mol. The molecule has 1 unspecified atom stereocenters. The molecule has 3 aromatic carbocycles. The van der Waals surface area contributed by atoms with Gasteiger partial charge in [-0.3, -0.25) is 0 Å². The van der Waals surface area contributed by atoms with Crippen LogP contribution >= 0.6 is 0 Å². The Morgan fingerprint density at radius 1 is 1.00 bits per heavy atom. The van der Waals surface area contributed by atoms with Gasteiger partial charge in [-0.2, -0.15) is 5.26 Å². The zero-order chi connectivity index (χ0) is 26.4. The molecule has 37 heavy (non-hydrogen) atoms. The first kappa shape index (κ1) is 25.2. The molecule has 1 heterocycles.